The molecule has 0 aliphatic carbocycles. The van der Waals surface area contributed by atoms with Crippen molar-refractivity contribution in [2.75, 3.05) is 0 Å². The third kappa shape index (κ3) is 3.08. The third-order valence-electron chi connectivity index (χ3n) is 1.13. The average Bonchev–Trinajstić information content (AvgIpc) is 2.19. The lowest BCUT2D eigenvalue weighted by molar-refractivity contribution is -0.0312. The molecule has 1 rings (SSSR count). The molecule has 13 heavy (non-hydrogen) atoms. The first-order valence-corrected chi connectivity index (χ1v) is 5.26. The van der Waals surface area contributed by atoms with Gasteiger partial charge in [-0.1, -0.05) is 22.9 Å². The van der Waals surface area contributed by atoms with Gasteiger partial charge in [0.15, 0.2) is 0 Å². The van der Waals surface area contributed by atoms with Gasteiger partial charge in [-0.15, -0.1) is 0 Å². The van der Waals surface area contributed by atoms with Gasteiger partial charge in [-0.05, 0) is 16.7 Å². The van der Waals surface area contributed by atoms with Crippen molar-refractivity contribution in [1.29, 1.82) is 0 Å². The third-order valence-corrected chi connectivity index (χ3v) is 2.97. The Morgan fingerprint density at radius 3 is 2.38 bits per heavy atom. The van der Waals surface area contributed by atoms with E-state index in [1.807, 2.05) is 0 Å². The maximum absolute atomic E-state index is 11.7. The van der Waals surface area contributed by atoms with Crippen molar-refractivity contribution in [3.05, 3.63) is 30.3 Å². The van der Waals surface area contributed by atoms with E-state index in [1.54, 1.807) is 18.2 Å². The van der Waals surface area contributed by atoms with Gasteiger partial charge in [0.25, 0.3) is 0 Å². The predicted octanol–water partition coefficient (Wildman–Crippen LogP) is 3.40. The summed E-state index contributed by atoms with van der Waals surface area (Å²) in [5.41, 5.74) is 0. The van der Waals surface area contributed by atoms with Gasteiger partial charge in [0.2, 0.25) is 0 Å². The average molecular weight is 271 g/mol. The molecular weight excluding hydrogens is 266 g/mol. The van der Waals surface area contributed by atoms with Crippen LogP contribution in [0.3, 0.4) is 0 Å². The first kappa shape index (κ1) is 10.7. The van der Waals surface area contributed by atoms with E-state index in [1.165, 1.54) is 12.1 Å². The molecule has 0 N–H and O–H groups in total. The molecule has 0 radical (unpaired) electrons. The molecule has 0 saturated heterocycles. The SMILES string of the molecule is O=P(OF)(OBr)Oc1ccccc1. The van der Waals surface area contributed by atoms with E-state index >= 15 is 0 Å². The van der Waals surface area contributed by atoms with Crippen molar-refractivity contribution < 1.29 is 22.0 Å². The molecule has 1 unspecified atom stereocenters. The normalized spacial score (nSPS) is 14.9. The van der Waals surface area contributed by atoms with E-state index in [4.69, 9.17) is 0 Å². The second kappa shape index (κ2) is 4.72. The molecule has 0 fully saturated rings. The highest BCUT2D eigenvalue weighted by Gasteiger charge is 2.29. The largest absolute Gasteiger partial charge is 0.573 e. The number of para-hydroxylation sites is 1. The Labute approximate surface area is 82.6 Å². The number of hydrogen-bond acceptors (Lipinski definition) is 4. The molecule has 0 aromatic heterocycles. The zero-order valence-corrected chi connectivity index (χ0v) is 8.70. The van der Waals surface area contributed by atoms with Crippen LogP contribution in [0.25, 0.3) is 0 Å². The highest BCUT2D eigenvalue weighted by molar-refractivity contribution is 9.06. The zero-order valence-electron chi connectivity index (χ0n) is 6.22. The molecule has 1 atom stereocenters. The maximum atomic E-state index is 11.7. The van der Waals surface area contributed by atoms with Crippen LogP contribution in [0.5, 0.6) is 5.75 Å². The quantitative estimate of drug-likeness (QED) is 0.787. The first-order valence-electron chi connectivity index (χ1n) is 3.15. The molecular formula is C6H5BrFO4P. The Bertz CT molecular complexity index is 299. The molecule has 0 saturated carbocycles. The number of hydrogen-bond donors (Lipinski definition) is 0. The van der Waals surface area contributed by atoms with Gasteiger partial charge < -0.3 is 4.52 Å². The minimum Gasteiger partial charge on any atom is -0.402 e. The molecule has 1 aromatic carbocycles. The summed E-state index contributed by atoms with van der Waals surface area (Å²) in [7, 11) is -4.15. The van der Waals surface area contributed by atoms with Crippen LogP contribution in [0.2, 0.25) is 0 Å². The Balaban J connectivity index is 2.74. The molecule has 72 valence electrons. The lowest BCUT2D eigenvalue weighted by Crippen LogP contribution is -1.92. The van der Waals surface area contributed by atoms with Gasteiger partial charge in [0.05, 0.1) is 0 Å². The lowest BCUT2D eigenvalue weighted by Gasteiger charge is -2.09. The van der Waals surface area contributed by atoms with Crippen LogP contribution < -0.4 is 4.52 Å². The van der Waals surface area contributed by atoms with E-state index in [0.717, 1.165) is 0 Å². The first-order chi connectivity index (χ1) is 6.20. The van der Waals surface area contributed by atoms with Crippen LogP contribution in [0, 0.1) is 0 Å². The van der Waals surface area contributed by atoms with Crippen LogP contribution in [0.1, 0.15) is 0 Å². The fraction of sp³-hybridized carbons (Fsp3) is 0. The van der Waals surface area contributed by atoms with E-state index in [2.05, 4.69) is 29.1 Å². The van der Waals surface area contributed by atoms with Crippen molar-refractivity contribution in [1.82, 2.24) is 0 Å². The van der Waals surface area contributed by atoms with Crippen molar-refractivity contribution in [2.24, 2.45) is 0 Å². The second-order valence-corrected chi connectivity index (χ2v) is 4.21. The standard InChI is InChI=1S/C6H5BrFO4P/c7-11-13(9,12-8)10-6-4-2-1-3-5-6/h1-5H. The Kier molecular flexibility index (Phi) is 3.87. The van der Waals surface area contributed by atoms with Crippen LogP contribution in [-0.2, 0) is 12.9 Å². The summed E-state index contributed by atoms with van der Waals surface area (Å²) in [6.07, 6.45) is 0. The van der Waals surface area contributed by atoms with Crippen LogP contribution >= 0.6 is 24.1 Å². The molecule has 0 heterocycles. The summed E-state index contributed by atoms with van der Waals surface area (Å²) in [4.78, 5) is 0. The molecule has 7 heteroatoms. The van der Waals surface area contributed by atoms with Crippen molar-refractivity contribution >= 4 is 24.1 Å². The van der Waals surface area contributed by atoms with Crippen LogP contribution in [-0.4, -0.2) is 0 Å². The van der Waals surface area contributed by atoms with E-state index in [-0.39, 0.29) is 5.75 Å². The maximum Gasteiger partial charge on any atom is 0.573 e. The molecule has 1 aromatic rings. The molecule has 0 amide bonds. The summed E-state index contributed by atoms with van der Waals surface area (Å²) in [6.45, 7) is 0. The number of halogens is 2. The van der Waals surface area contributed by atoms with Gasteiger partial charge in [0.1, 0.15) is 22.0 Å². The Morgan fingerprint density at radius 2 is 1.92 bits per heavy atom. The van der Waals surface area contributed by atoms with E-state index in [9.17, 15) is 9.09 Å². The molecule has 0 aliphatic heterocycles. The van der Waals surface area contributed by atoms with E-state index in [0.29, 0.717) is 0 Å². The van der Waals surface area contributed by atoms with Crippen LogP contribution in [0.15, 0.2) is 30.3 Å². The summed E-state index contributed by atoms with van der Waals surface area (Å²) in [5.74, 6) is 0.183. The van der Waals surface area contributed by atoms with Gasteiger partial charge >= 0.3 is 7.82 Å². The van der Waals surface area contributed by atoms with Crippen molar-refractivity contribution in [3.8, 4) is 5.75 Å². The number of benzene rings is 1. The highest BCUT2D eigenvalue weighted by Crippen LogP contribution is 2.51. The van der Waals surface area contributed by atoms with Crippen molar-refractivity contribution in [3.63, 3.8) is 0 Å². The minimum absolute atomic E-state index is 0.183. The Hall–Kier alpha value is -0.420. The van der Waals surface area contributed by atoms with Gasteiger partial charge in [-0.2, -0.15) is 3.62 Å². The number of phosphoric acid groups is 1. The smallest absolute Gasteiger partial charge is 0.402 e. The molecule has 0 bridgehead atoms. The molecule has 0 aliphatic rings. The summed E-state index contributed by atoms with van der Waals surface area (Å²) in [6, 6.07) is 7.96. The second-order valence-electron chi connectivity index (χ2n) is 1.99. The van der Waals surface area contributed by atoms with Crippen LogP contribution in [0.4, 0.5) is 4.53 Å². The van der Waals surface area contributed by atoms with Crippen molar-refractivity contribution in [2.45, 2.75) is 0 Å². The Morgan fingerprint density at radius 1 is 1.31 bits per heavy atom. The summed E-state index contributed by atoms with van der Waals surface area (Å²) < 4.78 is 34.4. The molecule has 0 spiro atoms. The molecule has 4 nitrogen and oxygen atoms in total. The summed E-state index contributed by atoms with van der Waals surface area (Å²) in [5, 5.41) is 0. The topological polar surface area (TPSA) is 44.8 Å². The fourth-order valence-electron chi connectivity index (χ4n) is 0.649. The fourth-order valence-corrected chi connectivity index (χ4v) is 1.42. The minimum atomic E-state index is -4.15. The van der Waals surface area contributed by atoms with Gasteiger partial charge in [-0.25, -0.2) is 4.57 Å². The van der Waals surface area contributed by atoms with Gasteiger partial charge in [0, 0.05) is 0 Å². The lowest BCUT2D eigenvalue weighted by atomic mass is 10.3. The number of rotatable bonds is 4. The summed E-state index contributed by atoms with van der Waals surface area (Å²) >= 11 is 2.34. The monoisotopic (exact) mass is 270 g/mol. The van der Waals surface area contributed by atoms with Gasteiger partial charge in [-0.3, -0.25) is 0 Å². The zero-order chi connectivity index (χ0) is 9.73. The predicted molar refractivity (Wildman–Crippen MR) is 46.9 cm³/mol. The highest BCUT2D eigenvalue weighted by atomic mass is 79.9. The van der Waals surface area contributed by atoms with E-state index < -0.39 is 7.82 Å².